The molecule has 0 radical (unpaired) electrons. The van der Waals surface area contributed by atoms with Crippen molar-refractivity contribution in [3.05, 3.63) is 70.4 Å². The molecule has 1 aliphatic rings. The highest BCUT2D eigenvalue weighted by Gasteiger charge is 2.34. The average Bonchev–Trinajstić information content (AvgIpc) is 3.24. The van der Waals surface area contributed by atoms with Crippen molar-refractivity contribution in [1.29, 1.82) is 0 Å². The van der Waals surface area contributed by atoms with Crippen molar-refractivity contribution in [2.24, 2.45) is 0 Å². The van der Waals surface area contributed by atoms with Crippen LogP contribution in [0.3, 0.4) is 0 Å². The van der Waals surface area contributed by atoms with Gasteiger partial charge in [0.05, 0.1) is 12.2 Å². The van der Waals surface area contributed by atoms with Gasteiger partial charge >= 0.3 is 0 Å². The van der Waals surface area contributed by atoms with E-state index >= 15 is 0 Å². The number of allylic oxidation sites excluding steroid dienone is 1. The van der Waals surface area contributed by atoms with Crippen LogP contribution in [-0.2, 0) is 4.79 Å². The van der Waals surface area contributed by atoms with Crippen LogP contribution in [-0.4, -0.2) is 32.7 Å². The first-order chi connectivity index (χ1) is 15.5. The highest BCUT2D eigenvalue weighted by Crippen LogP contribution is 2.36. The summed E-state index contributed by atoms with van der Waals surface area (Å²) in [6.07, 6.45) is 2.05. The molecule has 1 atom stereocenters. The second-order valence-corrected chi connectivity index (χ2v) is 7.99. The molecular formula is C24H28N6O2. The van der Waals surface area contributed by atoms with Gasteiger partial charge in [-0.05, 0) is 72.5 Å². The van der Waals surface area contributed by atoms with Crippen molar-refractivity contribution >= 4 is 17.5 Å². The zero-order valence-electron chi connectivity index (χ0n) is 18.8. The van der Waals surface area contributed by atoms with Crippen LogP contribution in [0.1, 0.15) is 49.4 Å². The summed E-state index contributed by atoms with van der Waals surface area (Å²) in [7, 11) is 0. The van der Waals surface area contributed by atoms with Gasteiger partial charge in [-0.15, -0.1) is 0 Å². The van der Waals surface area contributed by atoms with E-state index in [1.165, 1.54) is 0 Å². The van der Waals surface area contributed by atoms with E-state index in [-0.39, 0.29) is 5.91 Å². The van der Waals surface area contributed by atoms with Gasteiger partial charge in [-0.1, -0.05) is 42.7 Å². The third-order valence-electron chi connectivity index (χ3n) is 5.75. The number of carbonyl (C=O) groups is 1. The lowest BCUT2D eigenvalue weighted by atomic mass is 9.94. The Morgan fingerprint density at radius 3 is 2.81 bits per heavy atom. The number of carbonyl (C=O) groups excluding carboxylic acids is 1. The van der Waals surface area contributed by atoms with Crippen molar-refractivity contribution < 1.29 is 9.53 Å². The second-order valence-electron chi connectivity index (χ2n) is 7.99. The molecule has 4 rings (SSSR count). The molecule has 1 aromatic heterocycles. The standard InChI is InChI=1S/C24H28N6O2/c1-5-6-13-32-19-11-8-10-18(14-19)22-21(17(4)25-24-27-28-29-30(22)24)23(31)26-20-12-7-9-15(2)16(20)3/h7-12,14,22H,5-6,13H2,1-4H3,(H,26,31)(H,25,27,29). The summed E-state index contributed by atoms with van der Waals surface area (Å²) in [4.78, 5) is 13.5. The second kappa shape index (κ2) is 9.21. The molecule has 8 nitrogen and oxygen atoms in total. The SMILES string of the molecule is CCCCOc1cccc(C2C(C(=O)Nc3cccc(C)c3C)=C(C)Nc3nnnn32)c1. The number of fused-ring (bicyclic) bond motifs is 1. The number of aromatic nitrogens is 4. The number of tetrazole rings is 1. The van der Waals surface area contributed by atoms with Crippen LogP contribution in [0.4, 0.5) is 11.6 Å². The fourth-order valence-corrected chi connectivity index (χ4v) is 3.80. The average molecular weight is 433 g/mol. The van der Waals surface area contributed by atoms with E-state index in [2.05, 4.69) is 33.1 Å². The Balaban J connectivity index is 1.71. The smallest absolute Gasteiger partial charge is 0.255 e. The monoisotopic (exact) mass is 432 g/mol. The summed E-state index contributed by atoms with van der Waals surface area (Å²) in [5, 5.41) is 18.3. The first-order valence-electron chi connectivity index (χ1n) is 10.9. The summed E-state index contributed by atoms with van der Waals surface area (Å²) in [6.45, 7) is 8.67. The maximum Gasteiger partial charge on any atom is 0.255 e. The first-order valence-corrected chi connectivity index (χ1v) is 10.9. The fourth-order valence-electron chi connectivity index (χ4n) is 3.80. The Morgan fingerprint density at radius 2 is 2.00 bits per heavy atom. The van der Waals surface area contributed by atoms with Crippen LogP contribution in [0.5, 0.6) is 5.75 Å². The molecule has 0 saturated carbocycles. The van der Waals surface area contributed by atoms with E-state index < -0.39 is 6.04 Å². The quantitative estimate of drug-likeness (QED) is 0.538. The molecule has 1 unspecified atom stereocenters. The predicted octanol–water partition coefficient (Wildman–Crippen LogP) is 4.40. The summed E-state index contributed by atoms with van der Waals surface area (Å²) >= 11 is 0. The number of aryl methyl sites for hydroxylation is 1. The number of nitrogens with one attached hydrogen (secondary N) is 2. The minimum Gasteiger partial charge on any atom is -0.494 e. The minimum absolute atomic E-state index is 0.202. The molecule has 0 saturated heterocycles. The minimum atomic E-state index is -0.485. The molecule has 0 aliphatic carbocycles. The third-order valence-corrected chi connectivity index (χ3v) is 5.75. The van der Waals surface area contributed by atoms with Crippen LogP contribution in [0.2, 0.25) is 0 Å². The number of benzene rings is 2. The lowest BCUT2D eigenvalue weighted by Gasteiger charge is -2.28. The molecule has 2 N–H and O–H groups in total. The van der Waals surface area contributed by atoms with Gasteiger partial charge in [0.1, 0.15) is 11.8 Å². The van der Waals surface area contributed by atoms with Crippen molar-refractivity contribution in [3.8, 4) is 5.75 Å². The molecule has 2 aromatic carbocycles. The predicted molar refractivity (Wildman–Crippen MR) is 124 cm³/mol. The zero-order valence-corrected chi connectivity index (χ0v) is 18.8. The van der Waals surface area contributed by atoms with E-state index in [1.807, 2.05) is 63.2 Å². The van der Waals surface area contributed by atoms with Gasteiger partial charge in [-0.25, -0.2) is 0 Å². The number of unbranched alkanes of at least 4 members (excludes halogenated alkanes) is 1. The van der Waals surface area contributed by atoms with Crippen LogP contribution in [0.25, 0.3) is 0 Å². The van der Waals surface area contributed by atoms with Crippen LogP contribution in [0.15, 0.2) is 53.7 Å². The molecule has 32 heavy (non-hydrogen) atoms. The normalized spacial score (nSPS) is 15.2. The molecule has 1 aliphatic heterocycles. The number of nitrogens with zero attached hydrogens (tertiary/aromatic N) is 4. The molecule has 3 aromatic rings. The van der Waals surface area contributed by atoms with Gasteiger partial charge < -0.3 is 15.4 Å². The summed E-state index contributed by atoms with van der Waals surface area (Å²) in [5.74, 6) is 1.05. The van der Waals surface area contributed by atoms with E-state index in [4.69, 9.17) is 4.74 Å². The number of ether oxygens (including phenoxy) is 1. The molecule has 0 bridgehead atoms. The Kier molecular flexibility index (Phi) is 6.20. The summed E-state index contributed by atoms with van der Waals surface area (Å²) < 4.78 is 7.54. The van der Waals surface area contributed by atoms with Crippen molar-refractivity contribution in [3.63, 3.8) is 0 Å². The lowest BCUT2D eigenvalue weighted by Crippen LogP contribution is -2.31. The van der Waals surface area contributed by atoms with Gasteiger partial charge in [-0.3, -0.25) is 4.79 Å². The third kappa shape index (κ3) is 4.21. The maximum absolute atomic E-state index is 13.5. The molecule has 2 heterocycles. The van der Waals surface area contributed by atoms with E-state index in [0.717, 1.165) is 41.0 Å². The maximum atomic E-state index is 13.5. The number of amides is 1. The molecule has 0 fully saturated rings. The van der Waals surface area contributed by atoms with E-state index in [0.29, 0.717) is 23.8 Å². The summed E-state index contributed by atoms with van der Waals surface area (Å²) in [6, 6.07) is 13.2. The lowest BCUT2D eigenvalue weighted by molar-refractivity contribution is -0.113. The Morgan fingerprint density at radius 1 is 1.19 bits per heavy atom. The first kappa shape index (κ1) is 21.5. The Bertz CT molecular complexity index is 1170. The topological polar surface area (TPSA) is 94.0 Å². The fraction of sp³-hybridized carbons (Fsp3) is 0.333. The molecular weight excluding hydrogens is 404 g/mol. The van der Waals surface area contributed by atoms with E-state index in [1.54, 1.807) is 4.68 Å². The van der Waals surface area contributed by atoms with Gasteiger partial charge in [-0.2, -0.15) is 4.68 Å². The molecule has 0 spiro atoms. The molecule has 1 amide bonds. The van der Waals surface area contributed by atoms with Crippen LogP contribution in [0, 0.1) is 13.8 Å². The van der Waals surface area contributed by atoms with Crippen molar-refractivity contribution in [1.82, 2.24) is 20.2 Å². The van der Waals surface area contributed by atoms with Crippen molar-refractivity contribution in [2.75, 3.05) is 17.2 Å². The number of rotatable bonds is 7. The number of hydrogen-bond donors (Lipinski definition) is 2. The number of anilines is 2. The molecule has 166 valence electrons. The van der Waals surface area contributed by atoms with Gasteiger partial charge in [0.25, 0.3) is 5.91 Å². The highest BCUT2D eigenvalue weighted by molar-refractivity contribution is 6.06. The van der Waals surface area contributed by atoms with Gasteiger partial charge in [0.15, 0.2) is 0 Å². The molecule has 8 heteroatoms. The largest absolute Gasteiger partial charge is 0.494 e. The summed E-state index contributed by atoms with van der Waals surface area (Å²) in [5.41, 5.74) is 5.07. The van der Waals surface area contributed by atoms with E-state index in [9.17, 15) is 4.79 Å². The van der Waals surface area contributed by atoms with Crippen molar-refractivity contribution in [2.45, 2.75) is 46.6 Å². The number of hydrogen-bond acceptors (Lipinski definition) is 6. The van der Waals surface area contributed by atoms with Crippen LogP contribution >= 0.6 is 0 Å². The van der Waals surface area contributed by atoms with Gasteiger partial charge in [0, 0.05) is 11.4 Å². The van der Waals surface area contributed by atoms with Gasteiger partial charge in [0.2, 0.25) is 5.95 Å². The highest BCUT2D eigenvalue weighted by atomic mass is 16.5. The Labute approximate surface area is 187 Å². The zero-order chi connectivity index (χ0) is 22.7. The van der Waals surface area contributed by atoms with Crippen LogP contribution < -0.4 is 15.4 Å². The Hall–Kier alpha value is -3.68.